The van der Waals surface area contributed by atoms with E-state index in [1.165, 1.54) is 0 Å². The fourth-order valence-corrected chi connectivity index (χ4v) is 6.29. The van der Waals surface area contributed by atoms with Crippen LogP contribution in [0.15, 0.2) is 212 Å². The smallest absolute Gasteiger partial charge is 0.0651 e. The Kier molecular flexibility index (Phi) is 5.24. The van der Waals surface area contributed by atoms with Crippen LogP contribution in [0.25, 0.3) is 66.1 Å². The summed E-state index contributed by atoms with van der Waals surface area (Å²) in [6, 6.07) is 34.9. The molecular weight excluding hydrogens is 615 g/mol. The Morgan fingerprint density at radius 2 is 0.882 bits per heavy atom. The summed E-state index contributed by atoms with van der Waals surface area (Å²) in [5.41, 5.74) is 1.15. The third kappa shape index (κ3) is 6.07. The Hall–Kier alpha value is -6.70. The standard InChI is InChI=1S/C50H35N/c1-2-10-36(11-3-1)38-20-22-39(23-21-38)40-26-30-46(31-27-40)51(47-32-28-41(29-33-47)44-25-24-37-12-4-5-14-43(37)34-44)48-17-8-16-45(35-48)50-19-9-15-42-13-6-7-18-49(42)50/h1-35H/i8D,16D,17D,26D,27D,28D,29D,30D,31D,32D,33D,35D. The van der Waals surface area contributed by atoms with Crippen LogP contribution in [0, 0.1) is 0 Å². The minimum atomic E-state index is -0.720. The van der Waals surface area contributed by atoms with Gasteiger partial charge in [0.25, 0.3) is 0 Å². The molecule has 0 N–H and O–H groups in total. The van der Waals surface area contributed by atoms with Crippen molar-refractivity contribution >= 4 is 38.6 Å². The van der Waals surface area contributed by atoms with Gasteiger partial charge in [-0.2, -0.15) is 0 Å². The Labute approximate surface area is 316 Å². The molecule has 0 atom stereocenters. The first-order valence-electron chi connectivity index (χ1n) is 22.5. The highest BCUT2D eigenvalue weighted by Gasteiger charge is 2.15. The zero-order chi connectivity index (χ0) is 44.4. The molecule has 0 heterocycles. The second-order valence-electron chi connectivity index (χ2n) is 12.0. The van der Waals surface area contributed by atoms with Crippen LogP contribution >= 0.6 is 0 Å². The van der Waals surface area contributed by atoms with E-state index in [0.29, 0.717) is 22.1 Å². The van der Waals surface area contributed by atoms with Crippen molar-refractivity contribution < 1.29 is 16.4 Å². The fraction of sp³-hybridized carbons (Fsp3) is 0. The van der Waals surface area contributed by atoms with Gasteiger partial charge in [0.05, 0.1) is 16.4 Å². The maximum absolute atomic E-state index is 9.79. The number of benzene rings is 9. The molecule has 0 aliphatic carbocycles. The number of hydrogen-bond acceptors (Lipinski definition) is 1. The Morgan fingerprint density at radius 1 is 0.333 bits per heavy atom. The van der Waals surface area contributed by atoms with Crippen molar-refractivity contribution in [2.45, 2.75) is 0 Å². The van der Waals surface area contributed by atoms with Crippen LogP contribution in [-0.2, 0) is 0 Å². The summed E-state index contributed by atoms with van der Waals surface area (Å²) >= 11 is 0. The average Bonchev–Trinajstić information content (AvgIpc) is 3.30. The van der Waals surface area contributed by atoms with Gasteiger partial charge < -0.3 is 4.90 Å². The lowest BCUT2D eigenvalue weighted by Gasteiger charge is -2.26. The van der Waals surface area contributed by atoms with Crippen LogP contribution in [0.1, 0.15) is 16.4 Å². The SMILES string of the molecule is [2H]c1c([2H])c(-c2cccc3ccccc23)c([2H])c(N(c2c([2H])c([2H])c(-c3ccc(-c4ccccc4)cc3)c([2H])c2[2H])c2c([2H])c([2H])c(-c3ccc4ccccc4c3)c([2H])c2[2H])c1[2H]. The van der Waals surface area contributed by atoms with Gasteiger partial charge in [-0.05, 0) is 108 Å². The molecule has 1 nitrogen and oxygen atoms in total. The number of rotatable bonds is 7. The maximum atomic E-state index is 9.79. The minimum absolute atomic E-state index is 0.0374. The highest BCUT2D eigenvalue weighted by molar-refractivity contribution is 5.97. The van der Waals surface area contributed by atoms with Gasteiger partial charge in [0.2, 0.25) is 0 Å². The summed E-state index contributed by atoms with van der Waals surface area (Å²) in [6.07, 6.45) is 0. The quantitative estimate of drug-likeness (QED) is 0.164. The second kappa shape index (κ2) is 13.3. The number of nitrogens with zero attached hydrogens (tertiary/aromatic N) is 1. The monoisotopic (exact) mass is 661 g/mol. The van der Waals surface area contributed by atoms with E-state index in [0.717, 1.165) is 32.2 Å². The lowest BCUT2D eigenvalue weighted by atomic mass is 9.97. The molecule has 51 heavy (non-hydrogen) atoms. The fourth-order valence-electron chi connectivity index (χ4n) is 6.29. The molecule has 0 bridgehead atoms. The highest BCUT2D eigenvalue weighted by Crippen LogP contribution is 2.39. The summed E-state index contributed by atoms with van der Waals surface area (Å²) in [5, 5.41) is 3.10. The van der Waals surface area contributed by atoms with Crippen LogP contribution < -0.4 is 4.90 Å². The number of hydrogen-bond donors (Lipinski definition) is 0. The average molecular weight is 662 g/mol. The normalized spacial score (nSPS) is 14.4. The van der Waals surface area contributed by atoms with E-state index in [-0.39, 0.29) is 16.7 Å². The first-order chi connectivity index (χ1) is 30.3. The van der Waals surface area contributed by atoms with Gasteiger partial charge in [0.15, 0.2) is 0 Å². The summed E-state index contributed by atoms with van der Waals surface area (Å²) in [4.78, 5) is 0.894. The van der Waals surface area contributed by atoms with E-state index in [9.17, 15) is 13.7 Å². The molecule has 240 valence electrons. The van der Waals surface area contributed by atoms with E-state index in [1.807, 2.05) is 91.0 Å². The first kappa shape index (κ1) is 20.1. The van der Waals surface area contributed by atoms with Crippen molar-refractivity contribution in [3.63, 3.8) is 0 Å². The van der Waals surface area contributed by atoms with Gasteiger partial charge in [-0.15, -0.1) is 0 Å². The largest absolute Gasteiger partial charge is 0.310 e. The molecule has 0 saturated heterocycles. The zero-order valence-corrected chi connectivity index (χ0v) is 27.2. The maximum Gasteiger partial charge on any atom is 0.0651 e. The topological polar surface area (TPSA) is 3.24 Å². The van der Waals surface area contributed by atoms with Gasteiger partial charge in [0.1, 0.15) is 0 Å². The van der Waals surface area contributed by atoms with Crippen molar-refractivity contribution in [3.8, 4) is 44.5 Å². The lowest BCUT2D eigenvalue weighted by molar-refractivity contribution is 1.28. The lowest BCUT2D eigenvalue weighted by Crippen LogP contribution is -2.10. The van der Waals surface area contributed by atoms with E-state index >= 15 is 0 Å². The molecule has 0 amide bonds. The minimum Gasteiger partial charge on any atom is -0.310 e. The van der Waals surface area contributed by atoms with Gasteiger partial charge in [-0.3, -0.25) is 0 Å². The molecule has 0 radical (unpaired) electrons. The van der Waals surface area contributed by atoms with E-state index in [1.54, 1.807) is 48.5 Å². The van der Waals surface area contributed by atoms with Crippen LogP contribution in [-0.4, -0.2) is 0 Å². The summed E-state index contributed by atoms with van der Waals surface area (Å²) in [6.45, 7) is 0. The van der Waals surface area contributed by atoms with Crippen LogP contribution in [0.3, 0.4) is 0 Å². The Bertz CT molecular complexity index is 3250. The van der Waals surface area contributed by atoms with Crippen molar-refractivity contribution in [3.05, 3.63) is 212 Å². The summed E-state index contributed by atoms with van der Waals surface area (Å²) in [7, 11) is 0. The Morgan fingerprint density at radius 3 is 1.61 bits per heavy atom. The Balaban J connectivity index is 1.34. The zero-order valence-electron chi connectivity index (χ0n) is 39.2. The van der Waals surface area contributed by atoms with Crippen molar-refractivity contribution in [1.82, 2.24) is 0 Å². The molecule has 0 saturated carbocycles. The van der Waals surface area contributed by atoms with Crippen LogP contribution in [0.2, 0.25) is 0 Å². The number of anilines is 3. The molecule has 0 unspecified atom stereocenters. The molecular formula is C50H35N. The second-order valence-corrected chi connectivity index (χ2v) is 12.0. The van der Waals surface area contributed by atoms with Gasteiger partial charge >= 0.3 is 0 Å². The van der Waals surface area contributed by atoms with E-state index < -0.39 is 89.6 Å². The molecule has 9 aromatic carbocycles. The van der Waals surface area contributed by atoms with Crippen molar-refractivity contribution in [1.29, 1.82) is 0 Å². The summed E-state index contributed by atoms with van der Waals surface area (Å²) in [5.74, 6) is 0. The van der Waals surface area contributed by atoms with Gasteiger partial charge in [-0.25, -0.2) is 0 Å². The molecule has 9 aromatic rings. The molecule has 0 spiro atoms. The molecule has 0 aliphatic rings. The van der Waals surface area contributed by atoms with Crippen LogP contribution in [0.5, 0.6) is 0 Å². The van der Waals surface area contributed by atoms with Crippen molar-refractivity contribution in [2.24, 2.45) is 0 Å². The predicted octanol–water partition coefficient (Wildman–Crippen LogP) is 14.1. The van der Waals surface area contributed by atoms with E-state index in [2.05, 4.69) is 0 Å². The molecule has 0 aromatic heterocycles. The number of fused-ring (bicyclic) bond motifs is 2. The summed E-state index contributed by atoms with van der Waals surface area (Å²) < 4.78 is 113. The molecule has 1 heteroatoms. The van der Waals surface area contributed by atoms with E-state index in [4.69, 9.17) is 2.74 Å². The third-order valence-corrected chi connectivity index (χ3v) is 8.88. The molecule has 9 rings (SSSR count). The predicted molar refractivity (Wildman–Crippen MR) is 218 cm³/mol. The van der Waals surface area contributed by atoms with Crippen LogP contribution in [0.4, 0.5) is 17.1 Å². The van der Waals surface area contributed by atoms with Crippen molar-refractivity contribution in [2.75, 3.05) is 4.90 Å². The molecule has 0 aliphatic heterocycles. The van der Waals surface area contributed by atoms with Gasteiger partial charge in [0, 0.05) is 17.1 Å². The third-order valence-electron chi connectivity index (χ3n) is 8.88. The van der Waals surface area contributed by atoms with Gasteiger partial charge in [-0.1, -0.05) is 170 Å². The molecule has 0 fully saturated rings. The highest BCUT2D eigenvalue weighted by atomic mass is 15.1. The first-order valence-corrected chi connectivity index (χ1v) is 16.5.